The summed E-state index contributed by atoms with van der Waals surface area (Å²) in [6.07, 6.45) is 3.42. The zero-order valence-electron chi connectivity index (χ0n) is 13.6. The summed E-state index contributed by atoms with van der Waals surface area (Å²) in [5.41, 5.74) is 0.966. The van der Waals surface area contributed by atoms with Crippen molar-refractivity contribution in [2.75, 3.05) is 18.0 Å². The molecule has 23 heavy (non-hydrogen) atoms. The van der Waals surface area contributed by atoms with Crippen LogP contribution in [0.2, 0.25) is 0 Å². The number of hydrogen-bond acceptors (Lipinski definition) is 3. The number of amides is 1. The highest BCUT2D eigenvalue weighted by Gasteiger charge is 2.26. The van der Waals surface area contributed by atoms with E-state index < -0.39 is 0 Å². The Bertz CT molecular complexity index is 693. The fourth-order valence-electron chi connectivity index (χ4n) is 3.33. The summed E-state index contributed by atoms with van der Waals surface area (Å²) in [5, 5.41) is 15.0. The van der Waals surface area contributed by atoms with Crippen molar-refractivity contribution in [3.8, 4) is 5.75 Å². The van der Waals surface area contributed by atoms with Crippen LogP contribution in [0.15, 0.2) is 36.4 Å². The molecule has 2 aromatic carbocycles. The third-order valence-electron chi connectivity index (χ3n) is 4.49. The number of aromatic hydroxyl groups is 1. The average molecular weight is 312 g/mol. The second-order valence-electron chi connectivity index (χ2n) is 6.21. The minimum atomic E-state index is 0.206. The van der Waals surface area contributed by atoms with Gasteiger partial charge in [0.15, 0.2) is 0 Å². The molecule has 0 bridgehead atoms. The molecule has 122 valence electrons. The first-order valence-electron chi connectivity index (χ1n) is 8.44. The average Bonchev–Trinajstić information content (AvgIpc) is 2.56. The summed E-state index contributed by atoms with van der Waals surface area (Å²) in [5.74, 6) is 0.472. The Hall–Kier alpha value is -2.07. The van der Waals surface area contributed by atoms with Crippen molar-refractivity contribution in [2.45, 2.75) is 38.6 Å². The fraction of sp³-hybridized carbons (Fsp3) is 0.421. The van der Waals surface area contributed by atoms with Gasteiger partial charge in [0, 0.05) is 18.2 Å². The van der Waals surface area contributed by atoms with Gasteiger partial charge in [0.1, 0.15) is 5.75 Å². The van der Waals surface area contributed by atoms with Gasteiger partial charge in [-0.25, -0.2) is 0 Å². The highest BCUT2D eigenvalue weighted by molar-refractivity contribution is 5.97. The van der Waals surface area contributed by atoms with Crippen molar-refractivity contribution >= 4 is 22.4 Å². The molecular weight excluding hydrogens is 288 g/mol. The number of rotatable bonds is 4. The van der Waals surface area contributed by atoms with E-state index in [9.17, 15) is 9.90 Å². The largest absolute Gasteiger partial charge is 0.508 e. The van der Waals surface area contributed by atoms with Gasteiger partial charge in [-0.05, 0) is 67.4 Å². The molecule has 1 amide bonds. The molecule has 1 aliphatic rings. The van der Waals surface area contributed by atoms with Crippen molar-refractivity contribution in [2.24, 2.45) is 0 Å². The topological polar surface area (TPSA) is 52.6 Å². The molecule has 0 radical (unpaired) electrons. The Balaban J connectivity index is 1.97. The van der Waals surface area contributed by atoms with Crippen molar-refractivity contribution in [1.82, 2.24) is 5.32 Å². The number of nitrogens with zero attached hydrogens (tertiary/aromatic N) is 1. The number of fused-ring (bicyclic) bond motifs is 1. The van der Waals surface area contributed by atoms with E-state index in [1.807, 2.05) is 30.0 Å². The van der Waals surface area contributed by atoms with Crippen LogP contribution in [0, 0.1) is 0 Å². The zero-order valence-corrected chi connectivity index (χ0v) is 13.6. The predicted molar refractivity (Wildman–Crippen MR) is 93.9 cm³/mol. The van der Waals surface area contributed by atoms with Crippen molar-refractivity contribution < 1.29 is 9.90 Å². The Morgan fingerprint density at radius 3 is 2.61 bits per heavy atom. The van der Waals surface area contributed by atoms with Crippen molar-refractivity contribution in [1.29, 1.82) is 0 Å². The molecule has 1 saturated heterocycles. The Labute approximate surface area is 137 Å². The van der Waals surface area contributed by atoms with Gasteiger partial charge >= 0.3 is 0 Å². The van der Waals surface area contributed by atoms with Crippen LogP contribution in [0.5, 0.6) is 5.75 Å². The van der Waals surface area contributed by atoms with Crippen LogP contribution in [0.25, 0.3) is 10.8 Å². The minimum Gasteiger partial charge on any atom is -0.508 e. The number of phenols is 1. The molecule has 2 aromatic rings. The highest BCUT2D eigenvalue weighted by atomic mass is 16.3. The summed E-state index contributed by atoms with van der Waals surface area (Å²) in [7, 11) is 0. The normalized spacial score (nSPS) is 15.7. The minimum absolute atomic E-state index is 0.206. The van der Waals surface area contributed by atoms with E-state index in [4.69, 9.17) is 0 Å². The number of carbonyl (C=O) groups is 1. The quantitative estimate of drug-likeness (QED) is 0.909. The molecule has 0 unspecified atom stereocenters. The lowest BCUT2D eigenvalue weighted by Gasteiger charge is -2.35. The van der Waals surface area contributed by atoms with Crippen LogP contribution in [0.3, 0.4) is 0 Å². The molecule has 4 nitrogen and oxygen atoms in total. The monoisotopic (exact) mass is 312 g/mol. The maximum absolute atomic E-state index is 12.7. The second kappa shape index (κ2) is 7.01. The van der Waals surface area contributed by atoms with Gasteiger partial charge in [-0.15, -0.1) is 0 Å². The molecule has 1 fully saturated rings. The predicted octanol–water partition coefficient (Wildman–Crippen LogP) is 3.43. The first kappa shape index (κ1) is 15.8. The fourth-order valence-corrected chi connectivity index (χ4v) is 3.33. The molecule has 1 heterocycles. The first-order chi connectivity index (χ1) is 11.2. The van der Waals surface area contributed by atoms with E-state index in [2.05, 4.69) is 11.4 Å². The summed E-state index contributed by atoms with van der Waals surface area (Å²) in [6.45, 7) is 3.96. The summed E-state index contributed by atoms with van der Waals surface area (Å²) in [4.78, 5) is 14.7. The zero-order chi connectivity index (χ0) is 16.2. The molecule has 0 aromatic heterocycles. The maximum atomic E-state index is 12.7. The molecule has 0 aliphatic carbocycles. The van der Waals surface area contributed by atoms with Gasteiger partial charge < -0.3 is 15.3 Å². The Kier molecular flexibility index (Phi) is 4.82. The van der Waals surface area contributed by atoms with Crippen molar-refractivity contribution in [3.63, 3.8) is 0 Å². The smallest absolute Gasteiger partial charge is 0.227 e. The molecule has 0 saturated carbocycles. The number of piperidine rings is 1. The van der Waals surface area contributed by atoms with Gasteiger partial charge in [0.05, 0.1) is 0 Å². The number of nitrogens with one attached hydrogen (secondary N) is 1. The van der Waals surface area contributed by atoms with Gasteiger partial charge in [-0.3, -0.25) is 4.79 Å². The van der Waals surface area contributed by atoms with E-state index in [1.165, 1.54) is 0 Å². The van der Waals surface area contributed by atoms with Crippen LogP contribution in [-0.4, -0.2) is 30.1 Å². The molecular formula is C19H24N2O2. The lowest BCUT2D eigenvalue weighted by Crippen LogP contribution is -2.46. The molecule has 0 spiro atoms. The molecule has 1 aliphatic heterocycles. The van der Waals surface area contributed by atoms with Gasteiger partial charge in [-0.1, -0.05) is 19.1 Å². The van der Waals surface area contributed by atoms with E-state index >= 15 is 0 Å². The first-order valence-corrected chi connectivity index (χ1v) is 8.44. The molecule has 4 heteroatoms. The number of benzene rings is 2. The second-order valence-corrected chi connectivity index (χ2v) is 6.21. The number of carbonyl (C=O) groups excluding carboxylic acids is 1. The lowest BCUT2D eigenvalue weighted by molar-refractivity contribution is -0.119. The van der Waals surface area contributed by atoms with Crippen LogP contribution >= 0.6 is 0 Å². The van der Waals surface area contributed by atoms with Crippen LogP contribution in [-0.2, 0) is 4.79 Å². The van der Waals surface area contributed by atoms with Crippen LogP contribution in [0.4, 0.5) is 5.69 Å². The lowest BCUT2D eigenvalue weighted by atomic mass is 10.0. The highest BCUT2D eigenvalue weighted by Crippen LogP contribution is 2.28. The third kappa shape index (κ3) is 3.48. The van der Waals surface area contributed by atoms with Crippen LogP contribution < -0.4 is 10.2 Å². The summed E-state index contributed by atoms with van der Waals surface area (Å²) < 4.78 is 0. The van der Waals surface area contributed by atoms with Crippen LogP contribution in [0.1, 0.15) is 32.6 Å². The van der Waals surface area contributed by atoms with Gasteiger partial charge in [0.2, 0.25) is 5.91 Å². The SMILES string of the molecule is CCCC(=O)N(c1ccc2cc(O)ccc2c1)C1CCNCC1. The number of hydrogen-bond donors (Lipinski definition) is 2. The Morgan fingerprint density at radius 1 is 1.17 bits per heavy atom. The van der Waals surface area contributed by atoms with E-state index in [-0.39, 0.29) is 17.7 Å². The van der Waals surface area contributed by atoms with E-state index in [0.29, 0.717) is 6.42 Å². The van der Waals surface area contributed by atoms with Gasteiger partial charge in [-0.2, -0.15) is 0 Å². The third-order valence-corrected chi connectivity index (χ3v) is 4.49. The number of phenolic OH excluding ortho intramolecular Hbond substituents is 1. The number of anilines is 1. The summed E-state index contributed by atoms with van der Waals surface area (Å²) in [6, 6.07) is 11.7. The standard InChI is InChI=1S/C19H24N2O2/c1-2-3-19(23)21(16-8-10-20-11-9-16)17-6-4-15-13-18(22)7-5-14(15)12-17/h4-7,12-13,16,20,22H,2-3,8-11H2,1H3. The molecule has 0 atom stereocenters. The van der Waals surface area contributed by atoms with E-state index in [0.717, 1.165) is 48.8 Å². The van der Waals surface area contributed by atoms with E-state index in [1.54, 1.807) is 12.1 Å². The van der Waals surface area contributed by atoms with Gasteiger partial charge in [0.25, 0.3) is 0 Å². The summed E-state index contributed by atoms with van der Waals surface area (Å²) >= 11 is 0. The maximum Gasteiger partial charge on any atom is 0.227 e. The molecule has 2 N–H and O–H groups in total. The molecule has 3 rings (SSSR count). The Morgan fingerprint density at radius 2 is 1.87 bits per heavy atom. The van der Waals surface area contributed by atoms with Crippen molar-refractivity contribution in [3.05, 3.63) is 36.4 Å².